The molecule has 1 aromatic heterocycles. The summed E-state index contributed by atoms with van der Waals surface area (Å²) in [6.07, 6.45) is 0. The summed E-state index contributed by atoms with van der Waals surface area (Å²) in [6, 6.07) is 14.6. The van der Waals surface area contributed by atoms with E-state index in [1.54, 1.807) is 18.2 Å². The summed E-state index contributed by atoms with van der Waals surface area (Å²) < 4.78 is 0. The Morgan fingerprint density at radius 3 is 2.56 bits per heavy atom. The Hall–Kier alpha value is -2.14. The van der Waals surface area contributed by atoms with E-state index in [-0.39, 0.29) is 5.75 Å². The average molecular weight is 255 g/mol. The topological polar surface area (TPSA) is 58.9 Å². The van der Waals surface area contributed by atoms with Gasteiger partial charge < -0.3 is 5.11 Å². The lowest BCUT2D eigenvalue weighted by atomic mass is 10.3. The first-order chi connectivity index (χ1) is 8.81. The quantitative estimate of drug-likeness (QED) is 0.763. The van der Waals surface area contributed by atoms with Gasteiger partial charge in [-0.25, -0.2) is 4.98 Å². The number of hydrogen-bond acceptors (Lipinski definition) is 5. The van der Waals surface area contributed by atoms with Crippen LogP contribution in [0.4, 0.5) is 0 Å². The number of para-hydroxylation sites is 1. The molecule has 0 amide bonds. The number of benzene rings is 2. The number of hydrogen-bond donors (Lipinski definition) is 1. The number of aromatic hydroxyl groups is 1. The van der Waals surface area contributed by atoms with E-state index in [4.69, 9.17) is 0 Å². The van der Waals surface area contributed by atoms with Crippen LogP contribution in [0.1, 0.15) is 0 Å². The van der Waals surface area contributed by atoms with E-state index in [2.05, 4.69) is 15.2 Å². The Balaban J connectivity index is 1.95. The van der Waals surface area contributed by atoms with Crippen LogP contribution < -0.4 is 0 Å². The number of phenols is 1. The third kappa shape index (κ3) is 2.26. The van der Waals surface area contributed by atoms with Gasteiger partial charge in [-0.3, -0.25) is 0 Å². The molecular weight excluding hydrogens is 246 g/mol. The molecule has 0 atom stereocenters. The number of fused-ring (bicyclic) bond motifs is 1. The van der Waals surface area contributed by atoms with Crippen molar-refractivity contribution in [3.8, 4) is 5.75 Å². The molecule has 2 aromatic carbocycles. The lowest BCUT2D eigenvalue weighted by molar-refractivity contribution is 0.474. The molecule has 3 rings (SSSR count). The highest BCUT2D eigenvalue weighted by Crippen LogP contribution is 2.27. The molecule has 0 saturated heterocycles. The minimum atomic E-state index is 0.230. The van der Waals surface area contributed by atoms with Crippen LogP contribution in [-0.2, 0) is 0 Å². The molecule has 1 N–H and O–H groups in total. The Bertz CT molecular complexity index is 702. The first-order valence-corrected chi connectivity index (χ1v) is 6.19. The molecule has 0 fully saturated rings. The molecular formula is C13H9N3OS. The normalized spacial score (nSPS) is 10.7. The minimum absolute atomic E-state index is 0.230. The van der Waals surface area contributed by atoms with Gasteiger partial charge in [-0.05, 0) is 42.1 Å². The second-order valence-corrected chi connectivity index (χ2v) is 4.72. The molecule has 18 heavy (non-hydrogen) atoms. The Kier molecular flexibility index (Phi) is 2.82. The maximum Gasteiger partial charge on any atom is 0.214 e. The summed E-state index contributed by atoms with van der Waals surface area (Å²) in [5.74, 6) is 0.230. The van der Waals surface area contributed by atoms with Gasteiger partial charge in [0, 0.05) is 4.90 Å². The van der Waals surface area contributed by atoms with Gasteiger partial charge in [0.05, 0.1) is 5.52 Å². The number of rotatable bonds is 2. The maximum absolute atomic E-state index is 9.39. The average Bonchev–Trinajstić information content (AvgIpc) is 2.39. The van der Waals surface area contributed by atoms with Gasteiger partial charge in [-0.15, -0.1) is 10.2 Å². The lowest BCUT2D eigenvalue weighted by Gasteiger charge is -2.01. The fourth-order valence-corrected chi connectivity index (χ4v) is 2.32. The molecule has 88 valence electrons. The predicted octanol–water partition coefficient (Wildman–Crippen LogP) is 2.88. The number of nitrogens with zero attached hydrogens (tertiary/aromatic N) is 3. The molecule has 0 aliphatic rings. The highest BCUT2D eigenvalue weighted by atomic mass is 32.2. The van der Waals surface area contributed by atoms with Crippen LogP contribution in [0, 0.1) is 0 Å². The highest BCUT2D eigenvalue weighted by Gasteiger charge is 2.04. The van der Waals surface area contributed by atoms with E-state index in [1.807, 2.05) is 30.3 Å². The number of aromatic nitrogens is 3. The fourth-order valence-electron chi connectivity index (χ4n) is 1.56. The van der Waals surface area contributed by atoms with E-state index in [9.17, 15) is 5.11 Å². The van der Waals surface area contributed by atoms with Crippen molar-refractivity contribution in [3.63, 3.8) is 0 Å². The van der Waals surface area contributed by atoms with Crippen molar-refractivity contribution in [2.75, 3.05) is 0 Å². The summed E-state index contributed by atoms with van der Waals surface area (Å²) in [7, 11) is 0. The van der Waals surface area contributed by atoms with Gasteiger partial charge in [0.2, 0.25) is 5.16 Å². The third-order valence-electron chi connectivity index (χ3n) is 2.37. The molecule has 5 heteroatoms. The van der Waals surface area contributed by atoms with E-state index in [0.29, 0.717) is 5.16 Å². The lowest BCUT2D eigenvalue weighted by Crippen LogP contribution is -1.91. The van der Waals surface area contributed by atoms with Gasteiger partial charge in [0.15, 0.2) is 0 Å². The van der Waals surface area contributed by atoms with E-state index in [0.717, 1.165) is 15.9 Å². The van der Waals surface area contributed by atoms with Crippen molar-refractivity contribution in [1.29, 1.82) is 0 Å². The summed E-state index contributed by atoms with van der Waals surface area (Å²) in [5.41, 5.74) is 1.59. The summed E-state index contributed by atoms with van der Waals surface area (Å²) in [4.78, 5) is 5.29. The molecule has 0 saturated carbocycles. The number of phenolic OH excluding ortho intramolecular Hbond substituents is 1. The molecule has 0 unspecified atom stereocenters. The van der Waals surface area contributed by atoms with E-state index < -0.39 is 0 Å². The van der Waals surface area contributed by atoms with Crippen LogP contribution in [0.3, 0.4) is 0 Å². The fraction of sp³-hybridized carbons (Fsp3) is 0. The van der Waals surface area contributed by atoms with E-state index in [1.165, 1.54) is 11.8 Å². The Labute approximate surface area is 108 Å². The predicted molar refractivity (Wildman–Crippen MR) is 69.6 cm³/mol. The van der Waals surface area contributed by atoms with Gasteiger partial charge >= 0.3 is 0 Å². The van der Waals surface area contributed by atoms with Gasteiger partial charge in [-0.1, -0.05) is 18.2 Å². The SMILES string of the molecule is Oc1cccc(Sc2nnc3ccccc3n2)c1. The van der Waals surface area contributed by atoms with E-state index >= 15 is 0 Å². The second kappa shape index (κ2) is 4.62. The monoisotopic (exact) mass is 255 g/mol. The molecule has 3 aromatic rings. The van der Waals surface area contributed by atoms with Crippen molar-refractivity contribution in [3.05, 3.63) is 48.5 Å². The zero-order chi connectivity index (χ0) is 12.4. The smallest absolute Gasteiger partial charge is 0.214 e. The summed E-state index contributed by atoms with van der Waals surface area (Å²) in [6.45, 7) is 0. The van der Waals surface area contributed by atoms with Crippen molar-refractivity contribution in [2.45, 2.75) is 10.1 Å². The molecule has 0 aliphatic carbocycles. The zero-order valence-corrected chi connectivity index (χ0v) is 10.1. The van der Waals surface area contributed by atoms with Crippen molar-refractivity contribution >= 4 is 22.8 Å². The first-order valence-electron chi connectivity index (χ1n) is 5.37. The molecule has 0 bridgehead atoms. The molecule has 1 heterocycles. The molecule has 0 radical (unpaired) electrons. The summed E-state index contributed by atoms with van der Waals surface area (Å²) in [5, 5.41) is 18.1. The van der Waals surface area contributed by atoms with Crippen LogP contribution in [0.15, 0.2) is 58.6 Å². The third-order valence-corrected chi connectivity index (χ3v) is 3.21. The molecule has 0 aliphatic heterocycles. The second-order valence-electron chi connectivity index (χ2n) is 3.68. The Morgan fingerprint density at radius 2 is 1.72 bits per heavy atom. The maximum atomic E-state index is 9.39. The van der Waals surface area contributed by atoms with Crippen LogP contribution in [0.25, 0.3) is 11.0 Å². The van der Waals surface area contributed by atoms with Crippen LogP contribution in [-0.4, -0.2) is 20.3 Å². The van der Waals surface area contributed by atoms with Crippen LogP contribution in [0.5, 0.6) is 5.75 Å². The van der Waals surface area contributed by atoms with Crippen molar-refractivity contribution < 1.29 is 5.11 Å². The minimum Gasteiger partial charge on any atom is -0.508 e. The highest BCUT2D eigenvalue weighted by molar-refractivity contribution is 7.99. The van der Waals surface area contributed by atoms with Gasteiger partial charge in [0.1, 0.15) is 11.3 Å². The van der Waals surface area contributed by atoms with Crippen LogP contribution in [0.2, 0.25) is 0 Å². The molecule has 4 nitrogen and oxygen atoms in total. The zero-order valence-electron chi connectivity index (χ0n) is 9.32. The van der Waals surface area contributed by atoms with Crippen molar-refractivity contribution in [2.24, 2.45) is 0 Å². The molecule has 0 spiro atoms. The standard InChI is InChI=1S/C13H9N3OS/c17-9-4-3-5-10(8-9)18-13-14-11-6-1-2-7-12(11)15-16-13/h1-8,17H. The Morgan fingerprint density at radius 1 is 0.889 bits per heavy atom. The van der Waals surface area contributed by atoms with Gasteiger partial charge in [0.25, 0.3) is 0 Å². The van der Waals surface area contributed by atoms with Crippen molar-refractivity contribution in [1.82, 2.24) is 15.2 Å². The van der Waals surface area contributed by atoms with Crippen LogP contribution >= 0.6 is 11.8 Å². The van der Waals surface area contributed by atoms with Gasteiger partial charge in [-0.2, -0.15) is 0 Å². The summed E-state index contributed by atoms with van der Waals surface area (Å²) >= 11 is 1.37. The largest absolute Gasteiger partial charge is 0.508 e. The first kappa shape index (κ1) is 11.0.